The van der Waals surface area contributed by atoms with Crippen molar-refractivity contribution in [3.8, 4) is 11.5 Å². The fraction of sp³-hybridized carbons (Fsp3) is 0.588. The van der Waals surface area contributed by atoms with E-state index in [9.17, 15) is 0 Å². The summed E-state index contributed by atoms with van der Waals surface area (Å²) in [6, 6.07) is 5.84. The topological polar surface area (TPSA) is 64.1 Å². The van der Waals surface area contributed by atoms with Crippen LogP contribution in [0, 0.1) is 5.92 Å². The zero-order chi connectivity index (χ0) is 17.1. The summed E-state index contributed by atoms with van der Waals surface area (Å²) < 4.78 is 16.1. The molecule has 0 aromatic heterocycles. The van der Waals surface area contributed by atoms with Crippen LogP contribution in [0.4, 0.5) is 0 Å². The molecule has 24 heavy (non-hydrogen) atoms. The maximum absolute atomic E-state index is 5.53. The summed E-state index contributed by atoms with van der Waals surface area (Å²) >= 11 is 0. The summed E-state index contributed by atoms with van der Waals surface area (Å²) in [7, 11) is 5.01. The lowest BCUT2D eigenvalue weighted by Crippen LogP contribution is -2.38. The number of aliphatic imine (C=N–C) groups is 1. The van der Waals surface area contributed by atoms with Crippen LogP contribution in [0.5, 0.6) is 11.5 Å². The van der Waals surface area contributed by atoms with E-state index >= 15 is 0 Å². The predicted molar refractivity (Wildman–Crippen MR) is 109 cm³/mol. The highest BCUT2D eigenvalue weighted by molar-refractivity contribution is 14.0. The third kappa shape index (κ3) is 8.58. The molecule has 0 aliphatic heterocycles. The Kier molecular flexibility index (Phi) is 12.4. The molecule has 0 radical (unpaired) electrons. The smallest absolute Gasteiger partial charge is 0.191 e. The fourth-order valence-corrected chi connectivity index (χ4v) is 1.96. The van der Waals surface area contributed by atoms with Gasteiger partial charge in [-0.3, -0.25) is 4.99 Å². The number of nitrogens with one attached hydrogen (secondary N) is 2. The molecular formula is C17H30IN3O3. The molecule has 0 unspecified atom stereocenters. The lowest BCUT2D eigenvalue weighted by Gasteiger charge is -2.14. The normalized spacial score (nSPS) is 11.0. The number of hydrogen-bond donors (Lipinski definition) is 2. The van der Waals surface area contributed by atoms with E-state index in [1.54, 1.807) is 21.3 Å². The molecule has 1 rings (SSSR count). The minimum absolute atomic E-state index is 0. The lowest BCUT2D eigenvalue weighted by atomic mass is 10.2. The number of hydrogen-bond acceptors (Lipinski definition) is 4. The van der Waals surface area contributed by atoms with E-state index in [1.807, 2.05) is 18.2 Å². The van der Waals surface area contributed by atoms with Gasteiger partial charge in [-0.25, -0.2) is 0 Å². The van der Waals surface area contributed by atoms with Crippen LogP contribution in [0.15, 0.2) is 23.2 Å². The van der Waals surface area contributed by atoms with Crippen molar-refractivity contribution in [3.63, 3.8) is 0 Å². The number of ether oxygens (including phenoxy) is 3. The van der Waals surface area contributed by atoms with Crippen molar-refractivity contribution in [1.82, 2.24) is 10.6 Å². The van der Waals surface area contributed by atoms with Crippen LogP contribution in [0.2, 0.25) is 0 Å². The quantitative estimate of drug-likeness (QED) is 0.262. The van der Waals surface area contributed by atoms with E-state index < -0.39 is 0 Å². The summed E-state index contributed by atoms with van der Waals surface area (Å²) in [4.78, 5) is 4.20. The molecule has 0 aliphatic carbocycles. The third-order valence-electron chi connectivity index (χ3n) is 3.12. The standard InChI is InChI=1S/C17H29N3O3.HI/c1-13(2)12-23-9-8-19-17(18-3)20-11-14-6-7-15(21-4)16(10-14)22-5;/h6-7,10,13H,8-9,11-12H2,1-5H3,(H2,18,19,20);1H. The van der Waals surface area contributed by atoms with Crippen LogP contribution >= 0.6 is 24.0 Å². The van der Waals surface area contributed by atoms with Crippen LogP contribution < -0.4 is 20.1 Å². The Morgan fingerprint density at radius 3 is 2.42 bits per heavy atom. The molecule has 0 spiro atoms. The van der Waals surface area contributed by atoms with Crippen LogP contribution in [0.25, 0.3) is 0 Å². The Bertz CT molecular complexity index is 496. The number of nitrogens with zero attached hydrogens (tertiary/aromatic N) is 1. The molecule has 0 atom stereocenters. The van der Waals surface area contributed by atoms with Crippen LogP contribution in [-0.2, 0) is 11.3 Å². The molecule has 1 aromatic rings. The number of benzene rings is 1. The second-order valence-electron chi connectivity index (χ2n) is 5.51. The lowest BCUT2D eigenvalue weighted by molar-refractivity contribution is 0.114. The van der Waals surface area contributed by atoms with Crippen molar-refractivity contribution in [2.45, 2.75) is 20.4 Å². The van der Waals surface area contributed by atoms with Gasteiger partial charge in [-0.05, 0) is 23.6 Å². The van der Waals surface area contributed by atoms with E-state index in [0.717, 1.165) is 36.2 Å². The van der Waals surface area contributed by atoms with Crippen LogP contribution in [0.3, 0.4) is 0 Å². The second-order valence-corrected chi connectivity index (χ2v) is 5.51. The first-order valence-electron chi connectivity index (χ1n) is 7.83. The van der Waals surface area contributed by atoms with Gasteiger partial charge in [0.1, 0.15) is 0 Å². The van der Waals surface area contributed by atoms with Crippen molar-refractivity contribution in [2.24, 2.45) is 10.9 Å². The van der Waals surface area contributed by atoms with Gasteiger partial charge in [-0.15, -0.1) is 24.0 Å². The van der Waals surface area contributed by atoms with E-state index in [1.165, 1.54) is 0 Å². The molecule has 138 valence electrons. The molecule has 7 heteroatoms. The molecular weight excluding hydrogens is 421 g/mol. The molecule has 2 N–H and O–H groups in total. The first-order valence-corrected chi connectivity index (χ1v) is 7.83. The fourth-order valence-electron chi connectivity index (χ4n) is 1.96. The molecule has 0 heterocycles. The molecule has 1 aromatic carbocycles. The Labute approximate surface area is 162 Å². The molecule has 0 fully saturated rings. The van der Waals surface area contributed by atoms with Gasteiger partial charge in [0.2, 0.25) is 0 Å². The maximum atomic E-state index is 5.53. The van der Waals surface area contributed by atoms with E-state index in [4.69, 9.17) is 14.2 Å². The van der Waals surface area contributed by atoms with Gasteiger partial charge < -0.3 is 24.8 Å². The Balaban J connectivity index is 0.00000529. The highest BCUT2D eigenvalue weighted by atomic mass is 127. The highest BCUT2D eigenvalue weighted by Gasteiger charge is 2.05. The summed E-state index contributed by atoms with van der Waals surface area (Å²) in [6.45, 7) is 7.08. The van der Waals surface area contributed by atoms with Crippen LogP contribution in [-0.4, -0.2) is 47.0 Å². The van der Waals surface area contributed by atoms with Gasteiger partial charge in [0.15, 0.2) is 17.5 Å². The molecule has 0 bridgehead atoms. The minimum Gasteiger partial charge on any atom is -0.493 e. The first-order chi connectivity index (χ1) is 11.1. The zero-order valence-corrected chi connectivity index (χ0v) is 17.5. The van der Waals surface area contributed by atoms with Crippen molar-refractivity contribution >= 4 is 29.9 Å². The average Bonchev–Trinajstić information content (AvgIpc) is 2.56. The third-order valence-corrected chi connectivity index (χ3v) is 3.12. The van der Waals surface area contributed by atoms with Gasteiger partial charge in [-0.2, -0.15) is 0 Å². The molecule has 0 amide bonds. The van der Waals surface area contributed by atoms with Crippen LogP contribution in [0.1, 0.15) is 19.4 Å². The van der Waals surface area contributed by atoms with Crippen molar-refractivity contribution in [1.29, 1.82) is 0 Å². The number of methoxy groups -OCH3 is 2. The van der Waals surface area contributed by atoms with Gasteiger partial charge in [0.05, 0.1) is 20.8 Å². The van der Waals surface area contributed by atoms with Crippen molar-refractivity contribution in [2.75, 3.05) is 41.0 Å². The maximum Gasteiger partial charge on any atom is 0.191 e. The van der Waals surface area contributed by atoms with E-state index in [2.05, 4.69) is 29.5 Å². The zero-order valence-electron chi connectivity index (χ0n) is 15.2. The summed E-state index contributed by atoms with van der Waals surface area (Å²) in [5.74, 6) is 2.74. The Hall–Kier alpha value is -1.22. The first kappa shape index (κ1) is 22.8. The minimum atomic E-state index is 0. The monoisotopic (exact) mass is 451 g/mol. The molecule has 6 nitrogen and oxygen atoms in total. The van der Waals surface area contributed by atoms with E-state index in [0.29, 0.717) is 19.1 Å². The summed E-state index contributed by atoms with van der Waals surface area (Å²) in [5.41, 5.74) is 1.08. The Morgan fingerprint density at radius 2 is 1.83 bits per heavy atom. The van der Waals surface area contributed by atoms with E-state index in [-0.39, 0.29) is 24.0 Å². The largest absolute Gasteiger partial charge is 0.493 e. The van der Waals surface area contributed by atoms with Gasteiger partial charge in [0, 0.05) is 26.7 Å². The van der Waals surface area contributed by atoms with Crippen molar-refractivity contribution < 1.29 is 14.2 Å². The predicted octanol–water partition coefficient (Wildman–Crippen LogP) is 2.66. The number of rotatable bonds is 9. The van der Waals surface area contributed by atoms with Gasteiger partial charge in [0.25, 0.3) is 0 Å². The summed E-state index contributed by atoms with van der Waals surface area (Å²) in [6.07, 6.45) is 0. The van der Waals surface area contributed by atoms with Gasteiger partial charge in [-0.1, -0.05) is 19.9 Å². The van der Waals surface area contributed by atoms with Crippen molar-refractivity contribution in [3.05, 3.63) is 23.8 Å². The summed E-state index contributed by atoms with van der Waals surface area (Å²) in [5, 5.41) is 6.48. The SMILES string of the molecule is CN=C(NCCOCC(C)C)NCc1ccc(OC)c(OC)c1.I. The molecule has 0 saturated carbocycles. The molecule has 0 aliphatic rings. The highest BCUT2D eigenvalue weighted by Crippen LogP contribution is 2.27. The molecule has 0 saturated heterocycles. The Morgan fingerprint density at radius 1 is 1.12 bits per heavy atom. The second kappa shape index (κ2) is 13.1. The van der Waals surface area contributed by atoms with Gasteiger partial charge >= 0.3 is 0 Å². The number of halogens is 1. The number of guanidine groups is 1. The average molecular weight is 451 g/mol.